The van der Waals surface area contributed by atoms with Crippen LogP contribution >= 0.6 is 36.4 Å². The lowest BCUT2D eigenvalue weighted by Gasteiger charge is -2.35. The summed E-state index contributed by atoms with van der Waals surface area (Å²) in [6, 6.07) is 17.7. The number of hydrogen-bond donors (Lipinski definition) is 1. The Bertz CT molecular complexity index is 635. The molecule has 1 atom stereocenters. The Morgan fingerprint density at radius 3 is 2.11 bits per heavy atom. The van der Waals surface area contributed by atoms with Crippen molar-refractivity contribution in [3.8, 4) is 5.75 Å². The number of aliphatic hydroxyl groups excluding tert-OH is 1. The zero-order valence-electron chi connectivity index (χ0n) is 15.2. The molecule has 1 N–H and O–H groups in total. The highest BCUT2D eigenvalue weighted by atomic mass is 35.5. The molecule has 0 aliphatic carbocycles. The molecule has 4 nitrogen and oxygen atoms in total. The topological polar surface area (TPSA) is 35.9 Å². The van der Waals surface area contributed by atoms with E-state index in [2.05, 4.69) is 21.9 Å². The summed E-state index contributed by atoms with van der Waals surface area (Å²) in [7, 11) is 0. The van der Waals surface area contributed by atoms with Crippen LogP contribution in [0, 0.1) is 0 Å². The molecule has 0 amide bonds. The smallest absolute Gasteiger partial charge is 0.119 e. The van der Waals surface area contributed by atoms with Gasteiger partial charge < -0.3 is 9.84 Å². The number of ether oxygens (including phenoxy) is 1. The van der Waals surface area contributed by atoms with Crippen molar-refractivity contribution in [2.75, 3.05) is 39.3 Å². The van der Waals surface area contributed by atoms with Gasteiger partial charge in [0.15, 0.2) is 0 Å². The van der Waals surface area contributed by atoms with Gasteiger partial charge in [-0.05, 0) is 29.8 Å². The summed E-state index contributed by atoms with van der Waals surface area (Å²) >= 11 is 5.93. The highest BCUT2D eigenvalue weighted by Gasteiger charge is 2.19. The summed E-state index contributed by atoms with van der Waals surface area (Å²) in [5.41, 5.74) is 1.29. The molecule has 1 heterocycles. The maximum absolute atomic E-state index is 10.2. The summed E-state index contributed by atoms with van der Waals surface area (Å²) < 4.78 is 5.62. The Labute approximate surface area is 178 Å². The highest BCUT2D eigenvalue weighted by Crippen LogP contribution is 2.13. The zero-order valence-corrected chi connectivity index (χ0v) is 17.6. The van der Waals surface area contributed by atoms with Gasteiger partial charge in [0.1, 0.15) is 18.5 Å². The van der Waals surface area contributed by atoms with E-state index >= 15 is 0 Å². The second kappa shape index (κ2) is 12.4. The van der Waals surface area contributed by atoms with Crippen molar-refractivity contribution in [2.24, 2.45) is 0 Å². The van der Waals surface area contributed by atoms with Crippen LogP contribution in [0.15, 0.2) is 54.6 Å². The second-order valence-electron chi connectivity index (χ2n) is 6.48. The van der Waals surface area contributed by atoms with E-state index < -0.39 is 6.10 Å². The van der Waals surface area contributed by atoms with E-state index in [1.54, 1.807) is 0 Å². The molecule has 1 fully saturated rings. The first-order chi connectivity index (χ1) is 12.2. The van der Waals surface area contributed by atoms with Gasteiger partial charge in [-0.25, -0.2) is 0 Å². The third-order valence-corrected chi connectivity index (χ3v) is 4.69. The normalized spacial score (nSPS) is 16.1. The third-order valence-electron chi connectivity index (χ3n) is 4.44. The first-order valence-corrected chi connectivity index (χ1v) is 9.12. The van der Waals surface area contributed by atoms with Gasteiger partial charge in [-0.1, -0.05) is 41.9 Å². The maximum atomic E-state index is 10.2. The molecule has 1 saturated heterocycles. The fourth-order valence-electron chi connectivity index (χ4n) is 3.04. The molecule has 2 aromatic rings. The first-order valence-electron chi connectivity index (χ1n) is 8.74. The molecule has 0 spiro atoms. The number of β-amino-alcohol motifs (C(OH)–C–C–N with tert-alkyl or cyclic N) is 1. The molecular weight excluding hydrogens is 407 g/mol. The summed E-state index contributed by atoms with van der Waals surface area (Å²) in [6.45, 7) is 5.89. The van der Waals surface area contributed by atoms with Gasteiger partial charge in [0.05, 0.1) is 0 Å². The summed E-state index contributed by atoms with van der Waals surface area (Å²) in [5.74, 6) is 0.800. The Balaban J connectivity index is 0.00000182. The van der Waals surface area contributed by atoms with Gasteiger partial charge >= 0.3 is 0 Å². The lowest BCUT2D eigenvalue weighted by molar-refractivity contribution is 0.0446. The molecular formula is C20H27Cl3N2O2. The number of benzene rings is 2. The molecule has 7 heteroatoms. The number of nitrogens with zero attached hydrogens (tertiary/aromatic N) is 2. The molecule has 1 unspecified atom stereocenters. The Morgan fingerprint density at radius 2 is 1.48 bits per heavy atom. The van der Waals surface area contributed by atoms with E-state index in [0.717, 1.165) is 43.5 Å². The van der Waals surface area contributed by atoms with Gasteiger partial charge in [0.25, 0.3) is 0 Å². The number of halogens is 3. The van der Waals surface area contributed by atoms with Crippen molar-refractivity contribution in [1.29, 1.82) is 0 Å². The molecule has 1 aliphatic rings. The summed E-state index contributed by atoms with van der Waals surface area (Å²) in [6.07, 6.45) is -0.469. The standard InChI is InChI=1S/C20H25ClN2O2.2ClH/c21-18-8-6-17(7-9-18)14-22-10-12-23(13-11-22)15-19(24)16-25-20-4-2-1-3-5-20;;/h1-9,19,24H,10-16H2;2*1H. The van der Waals surface area contributed by atoms with E-state index in [9.17, 15) is 5.11 Å². The van der Waals surface area contributed by atoms with Crippen LogP contribution in [0.3, 0.4) is 0 Å². The highest BCUT2D eigenvalue weighted by molar-refractivity contribution is 6.30. The minimum absolute atomic E-state index is 0. The fraction of sp³-hybridized carbons (Fsp3) is 0.400. The Hall–Kier alpha value is -1.01. The number of piperazine rings is 1. The molecule has 2 aromatic carbocycles. The first kappa shape index (κ1) is 24.0. The number of rotatable bonds is 7. The molecule has 0 radical (unpaired) electrons. The van der Waals surface area contributed by atoms with Crippen LogP contribution < -0.4 is 4.74 Å². The van der Waals surface area contributed by atoms with E-state index in [1.807, 2.05) is 42.5 Å². The monoisotopic (exact) mass is 432 g/mol. The summed E-state index contributed by atoms with van der Waals surface area (Å²) in [4.78, 5) is 4.74. The average molecular weight is 434 g/mol. The van der Waals surface area contributed by atoms with Gasteiger partial charge in [0, 0.05) is 44.3 Å². The Kier molecular flexibility index (Phi) is 11.1. The van der Waals surface area contributed by atoms with Crippen molar-refractivity contribution in [3.05, 3.63) is 65.2 Å². The maximum Gasteiger partial charge on any atom is 0.119 e. The van der Waals surface area contributed by atoms with Gasteiger partial charge in [0.2, 0.25) is 0 Å². The number of para-hydroxylation sites is 1. The molecule has 150 valence electrons. The van der Waals surface area contributed by atoms with Crippen molar-refractivity contribution in [3.63, 3.8) is 0 Å². The van der Waals surface area contributed by atoms with Gasteiger partial charge in [-0.15, -0.1) is 24.8 Å². The van der Waals surface area contributed by atoms with E-state index in [-0.39, 0.29) is 24.8 Å². The Morgan fingerprint density at radius 1 is 0.889 bits per heavy atom. The number of aliphatic hydroxyl groups is 1. The van der Waals surface area contributed by atoms with Crippen LogP contribution in [0.2, 0.25) is 5.02 Å². The molecule has 0 bridgehead atoms. The average Bonchev–Trinajstić information content (AvgIpc) is 2.64. The lowest BCUT2D eigenvalue weighted by atomic mass is 10.2. The number of hydrogen-bond acceptors (Lipinski definition) is 4. The third kappa shape index (κ3) is 8.26. The van der Waals surface area contributed by atoms with Gasteiger partial charge in [-0.3, -0.25) is 9.80 Å². The van der Waals surface area contributed by atoms with Crippen LogP contribution in [0.1, 0.15) is 5.56 Å². The molecule has 0 aromatic heterocycles. The van der Waals surface area contributed by atoms with Crippen molar-refractivity contribution in [1.82, 2.24) is 9.80 Å². The molecule has 27 heavy (non-hydrogen) atoms. The van der Waals surface area contributed by atoms with Gasteiger partial charge in [-0.2, -0.15) is 0 Å². The predicted octanol–water partition coefficient (Wildman–Crippen LogP) is 3.74. The van der Waals surface area contributed by atoms with Crippen LogP contribution in [-0.4, -0.2) is 60.3 Å². The van der Waals surface area contributed by atoms with E-state index in [4.69, 9.17) is 16.3 Å². The minimum atomic E-state index is -0.469. The zero-order chi connectivity index (χ0) is 17.5. The second-order valence-corrected chi connectivity index (χ2v) is 6.92. The van der Waals surface area contributed by atoms with Crippen LogP contribution in [0.4, 0.5) is 0 Å². The van der Waals surface area contributed by atoms with E-state index in [1.165, 1.54) is 5.56 Å². The van der Waals surface area contributed by atoms with Crippen LogP contribution in [0.25, 0.3) is 0 Å². The van der Waals surface area contributed by atoms with Crippen LogP contribution in [0.5, 0.6) is 5.75 Å². The SMILES string of the molecule is Cl.Cl.OC(COc1ccccc1)CN1CCN(Cc2ccc(Cl)cc2)CC1. The van der Waals surface area contributed by atoms with Crippen molar-refractivity contribution >= 4 is 36.4 Å². The largest absolute Gasteiger partial charge is 0.491 e. The summed E-state index contributed by atoms with van der Waals surface area (Å²) in [5, 5.41) is 11.0. The van der Waals surface area contributed by atoms with Crippen LogP contribution in [-0.2, 0) is 6.54 Å². The molecule has 1 aliphatic heterocycles. The quantitative estimate of drug-likeness (QED) is 0.721. The fourth-order valence-corrected chi connectivity index (χ4v) is 3.16. The molecule has 3 rings (SSSR count). The van der Waals surface area contributed by atoms with Crippen molar-refractivity contribution in [2.45, 2.75) is 12.6 Å². The lowest BCUT2D eigenvalue weighted by Crippen LogP contribution is -2.48. The predicted molar refractivity (Wildman–Crippen MR) is 116 cm³/mol. The molecule has 0 saturated carbocycles. The van der Waals surface area contributed by atoms with E-state index in [0.29, 0.717) is 13.2 Å². The van der Waals surface area contributed by atoms with Crippen molar-refractivity contribution < 1.29 is 9.84 Å². The minimum Gasteiger partial charge on any atom is -0.491 e.